The molecule has 1 unspecified atom stereocenters. The van der Waals surface area contributed by atoms with Gasteiger partial charge in [-0.15, -0.1) is 0 Å². The Labute approximate surface area is 107 Å². The summed E-state index contributed by atoms with van der Waals surface area (Å²) in [6.07, 6.45) is 2.73. The molecule has 94 valence electrons. The molecule has 0 aliphatic carbocycles. The number of aliphatic hydroxyl groups is 1. The van der Waals surface area contributed by atoms with Gasteiger partial charge in [0.15, 0.2) is 0 Å². The molecule has 0 amide bonds. The van der Waals surface area contributed by atoms with Crippen molar-refractivity contribution in [2.45, 2.75) is 20.0 Å². The number of benzene rings is 1. The molecule has 1 aromatic carbocycles. The Balaban J connectivity index is 2.42. The molecular weight excluding hydrogens is 226 g/mol. The van der Waals surface area contributed by atoms with E-state index in [9.17, 15) is 5.11 Å². The lowest BCUT2D eigenvalue weighted by atomic mass is 10.00. The fourth-order valence-electron chi connectivity index (χ4n) is 1.95. The molecule has 0 aliphatic heterocycles. The van der Waals surface area contributed by atoms with Crippen molar-refractivity contribution in [1.82, 2.24) is 4.98 Å². The molecule has 0 saturated carbocycles. The van der Waals surface area contributed by atoms with Crippen molar-refractivity contribution in [3.8, 4) is 5.75 Å². The summed E-state index contributed by atoms with van der Waals surface area (Å²) < 4.78 is 5.32. The van der Waals surface area contributed by atoms with Crippen LogP contribution in [0.15, 0.2) is 36.7 Å². The summed E-state index contributed by atoms with van der Waals surface area (Å²) in [5.41, 5.74) is 3.66. The molecule has 0 aliphatic rings. The van der Waals surface area contributed by atoms with Crippen LogP contribution < -0.4 is 4.74 Å². The van der Waals surface area contributed by atoms with Crippen LogP contribution in [0.1, 0.15) is 28.4 Å². The number of hydrogen-bond acceptors (Lipinski definition) is 3. The molecule has 18 heavy (non-hydrogen) atoms. The number of methoxy groups -OCH3 is 1. The van der Waals surface area contributed by atoms with Gasteiger partial charge in [0.1, 0.15) is 11.9 Å². The first-order valence-corrected chi connectivity index (χ1v) is 5.86. The minimum atomic E-state index is -0.715. The van der Waals surface area contributed by atoms with Gasteiger partial charge >= 0.3 is 0 Å². The van der Waals surface area contributed by atoms with Crippen LogP contribution in [0.25, 0.3) is 0 Å². The van der Waals surface area contributed by atoms with Crippen LogP contribution in [0.5, 0.6) is 5.75 Å². The first kappa shape index (κ1) is 12.6. The number of pyridine rings is 1. The monoisotopic (exact) mass is 243 g/mol. The fraction of sp³-hybridized carbons (Fsp3) is 0.267. The fourth-order valence-corrected chi connectivity index (χ4v) is 1.95. The van der Waals surface area contributed by atoms with Crippen LogP contribution in [0.4, 0.5) is 0 Å². The third-order valence-electron chi connectivity index (χ3n) is 2.90. The van der Waals surface area contributed by atoms with Gasteiger partial charge in [-0.3, -0.25) is 4.98 Å². The van der Waals surface area contributed by atoms with Crippen molar-refractivity contribution in [2.24, 2.45) is 0 Å². The van der Waals surface area contributed by atoms with Crippen LogP contribution >= 0.6 is 0 Å². The number of rotatable bonds is 3. The standard InChI is InChI=1S/C15H17NO2/c1-10-4-5-13(14(7-10)18-3)15(17)12-6-11(2)8-16-9-12/h4-9,15,17H,1-3H3. The molecule has 0 fully saturated rings. The zero-order valence-electron chi connectivity index (χ0n) is 10.8. The minimum Gasteiger partial charge on any atom is -0.496 e. The van der Waals surface area contributed by atoms with Gasteiger partial charge in [0.25, 0.3) is 0 Å². The molecule has 1 N–H and O–H groups in total. The third kappa shape index (κ3) is 2.51. The smallest absolute Gasteiger partial charge is 0.125 e. The molecule has 0 saturated heterocycles. The second kappa shape index (κ2) is 5.19. The van der Waals surface area contributed by atoms with Gasteiger partial charge < -0.3 is 9.84 Å². The van der Waals surface area contributed by atoms with Crippen molar-refractivity contribution in [2.75, 3.05) is 7.11 Å². The zero-order chi connectivity index (χ0) is 13.1. The molecule has 0 spiro atoms. The van der Waals surface area contributed by atoms with Gasteiger partial charge in [-0.2, -0.15) is 0 Å². The molecule has 0 bridgehead atoms. The lowest BCUT2D eigenvalue weighted by Crippen LogP contribution is -2.03. The molecule has 1 aromatic heterocycles. The van der Waals surface area contributed by atoms with Crippen LogP contribution in [0.2, 0.25) is 0 Å². The second-order valence-corrected chi connectivity index (χ2v) is 4.44. The Kier molecular flexibility index (Phi) is 3.63. The lowest BCUT2D eigenvalue weighted by molar-refractivity contribution is 0.214. The lowest BCUT2D eigenvalue weighted by Gasteiger charge is -2.15. The Hall–Kier alpha value is -1.87. The normalized spacial score (nSPS) is 12.2. The number of aryl methyl sites for hydroxylation is 2. The minimum absolute atomic E-state index is 0.698. The van der Waals surface area contributed by atoms with Gasteiger partial charge in [-0.1, -0.05) is 18.2 Å². The predicted molar refractivity (Wildman–Crippen MR) is 70.8 cm³/mol. The Morgan fingerprint density at radius 2 is 1.89 bits per heavy atom. The summed E-state index contributed by atoms with van der Waals surface area (Å²) in [6.45, 7) is 3.95. The van der Waals surface area contributed by atoms with Crippen molar-refractivity contribution < 1.29 is 9.84 Å². The molecule has 1 heterocycles. The zero-order valence-corrected chi connectivity index (χ0v) is 10.8. The van der Waals surface area contributed by atoms with Crippen LogP contribution in [0.3, 0.4) is 0 Å². The predicted octanol–water partition coefficient (Wildman–Crippen LogP) is 2.79. The van der Waals surface area contributed by atoms with E-state index in [1.54, 1.807) is 19.5 Å². The van der Waals surface area contributed by atoms with E-state index in [2.05, 4.69) is 4.98 Å². The van der Waals surface area contributed by atoms with Gasteiger partial charge in [0.2, 0.25) is 0 Å². The summed E-state index contributed by atoms with van der Waals surface area (Å²) in [6, 6.07) is 7.70. The highest BCUT2D eigenvalue weighted by atomic mass is 16.5. The summed E-state index contributed by atoms with van der Waals surface area (Å²) in [7, 11) is 1.61. The first-order valence-electron chi connectivity index (χ1n) is 5.86. The SMILES string of the molecule is COc1cc(C)ccc1C(O)c1cncc(C)c1. The average molecular weight is 243 g/mol. The second-order valence-electron chi connectivity index (χ2n) is 4.44. The number of ether oxygens (including phenoxy) is 1. The highest BCUT2D eigenvalue weighted by Gasteiger charge is 2.15. The van der Waals surface area contributed by atoms with E-state index in [-0.39, 0.29) is 0 Å². The molecule has 2 rings (SSSR count). The molecule has 0 radical (unpaired) electrons. The quantitative estimate of drug-likeness (QED) is 0.901. The van der Waals surface area contributed by atoms with E-state index in [4.69, 9.17) is 4.74 Å². The van der Waals surface area contributed by atoms with E-state index in [1.165, 1.54) is 0 Å². The highest BCUT2D eigenvalue weighted by Crippen LogP contribution is 2.30. The number of hydrogen-bond donors (Lipinski definition) is 1. The molecule has 3 heteroatoms. The highest BCUT2D eigenvalue weighted by molar-refractivity contribution is 5.42. The summed E-state index contributed by atoms with van der Waals surface area (Å²) in [5.74, 6) is 0.698. The van der Waals surface area contributed by atoms with Crippen molar-refractivity contribution in [1.29, 1.82) is 0 Å². The molecule has 1 atom stereocenters. The van der Waals surface area contributed by atoms with Gasteiger partial charge in [0, 0.05) is 23.5 Å². The number of aromatic nitrogens is 1. The van der Waals surface area contributed by atoms with Crippen LogP contribution in [0, 0.1) is 13.8 Å². The van der Waals surface area contributed by atoms with E-state index < -0.39 is 6.10 Å². The third-order valence-corrected chi connectivity index (χ3v) is 2.90. The molecule has 2 aromatic rings. The topological polar surface area (TPSA) is 42.4 Å². The van der Waals surface area contributed by atoms with E-state index >= 15 is 0 Å². The van der Waals surface area contributed by atoms with Gasteiger partial charge in [0.05, 0.1) is 7.11 Å². The van der Waals surface area contributed by atoms with E-state index in [1.807, 2.05) is 38.1 Å². The van der Waals surface area contributed by atoms with Crippen molar-refractivity contribution in [3.63, 3.8) is 0 Å². The van der Waals surface area contributed by atoms with Crippen molar-refractivity contribution >= 4 is 0 Å². The van der Waals surface area contributed by atoms with E-state index in [0.717, 1.165) is 22.3 Å². The Morgan fingerprint density at radius 3 is 2.56 bits per heavy atom. The number of nitrogens with zero attached hydrogens (tertiary/aromatic N) is 1. The molecular formula is C15H17NO2. The Bertz CT molecular complexity index is 552. The summed E-state index contributed by atoms with van der Waals surface area (Å²) in [4.78, 5) is 4.10. The van der Waals surface area contributed by atoms with Gasteiger partial charge in [-0.05, 0) is 31.0 Å². The summed E-state index contributed by atoms with van der Waals surface area (Å²) >= 11 is 0. The molecule has 3 nitrogen and oxygen atoms in total. The maximum absolute atomic E-state index is 10.4. The maximum atomic E-state index is 10.4. The van der Waals surface area contributed by atoms with Crippen molar-refractivity contribution in [3.05, 3.63) is 58.9 Å². The first-order chi connectivity index (χ1) is 8.61. The number of aliphatic hydroxyl groups excluding tert-OH is 1. The average Bonchev–Trinajstić information content (AvgIpc) is 2.37. The van der Waals surface area contributed by atoms with E-state index in [0.29, 0.717) is 5.75 Å². The maximum Gasteiger partial charge on any atom is 0.125 e. The largest absolute Gasteiger partial charge is 0.496 e. The van der Waals surface area contributed by atoms with Crippen LogP contribution in [-0.4, -0.2) is 17.2 Å². The summed E-state index contributed by atoms with van der Waals surface area (Å²) in [5, 5.41) is 10.4. The Morgan fingerprint density at radius 1 is 1.11 bits per heavy atom. The van der Waals surface area contributed by atoms with Gasteiger partial charge in [-0.25, -0.2) is 0 Å². The van der Waals surface area contributed by atoms with Crippen LogP contribution in [-0.2, 0) is 0 Å².